The number of hydrogen-bond donors (Lipinski definition) is 1. The minimum atomic E-state index is -0.529. The number of carbonyl (C=O) groups is 1. The van der Waals surface area contributed by atoms with E-state index < -0.39 is 5.60 Å². The van der Waals surface area contributed by atoms with E-state index in [1.165, 1.54) is 12.1 Å². The molecule has 0 saturated carbocycles. The molecule has 1 aromatic rings. The zero-order valence-corrected chi connectivity index (χ0v) is 13.0. The quantitative estimate of drug-likeness (QED) is 0.865. The van der Waals surface area contributed by atoms with Gasteiger partial charge in [0.2, 0.25) is 0 Å². The second-order valence-electron chi connectivity index (χ2n) is 6.51. The lowest BCUT2D eigenvalue weighted by molar-refractivity contribution is 0.00787. The molecular formula is C16H23FN2O2. The third-order valence-corrected chi connectivity index (χ3v) is 3.39. The van der Waals surface area contributed by atoms with Crippen molar-refractivity contribution in [3.63, 3.8) is 0 Å². The summed E-state index contributed by atoms with van der Waals surface area (Å²) in [5, 5.41) is 3.35. The van der Waals surface area contributed by atoms with Crippen LogP contribution in [0.5, 0.6) is 0 Å². The molecule has 0 aromatic heterocycles. The smallest absolute Gasteiger partial charge is 0.410 e. The minimum Gasteiger partial charge on any atom is -0.444 e. The standard InChI is InChI=1S/C16H23FN2O2/c1-11-10-19(15(20)21-16(2,3)4)14(9-18-11)12-5-7-13(17)8-6-12/h5-8,11,14,18H,9-10H2,1-4H3/t11-,14-/m1/s1. The van der Waals surface area contributed by atoms with Crippen LogP contribution in [0.2, 0.25) is 0 Å². The van der Waals surface area contributed by atoms with E-state index in [-0.39, 0.29) is 24.0 Å². The van der Waals surface area contributed by atoms with E-state index in [9.17, 15) is 9.18 Å². The zero-order valence-electron chi connectivity index (χ0n) is 13.0. The van der Waals surface area contributed by atoms with Gasteiger partial charge in [-0.3, -0.25) is 4.90 Å². The molecular weight excluding hydrogens is 271 g/mol. The molecule has 21 heavy (non-hydrogen) atoms. The average molecular weight is 294 g/mol. The van der Waals surface area contributed by atoms with Crippen LogP contribution in [0.25, 0.3) is 0 Å². The monoisotopic (exact) mass is 294 g/mol. The molecule has 0 aliphatic carbocycles. The van der Waals surface area contributed by atoms with E-state index in [4.69, 9.17) is 4.74 Å². The van der Waals surface area contributed by atoms with E-state index in [0.29, 0.717) is 13.1 Å². The van der Waals surface area contributed by atoms with Crippen LogP contribution in [0.3, 0.4) is 0 Å². The number of hydrogen-bond acceptors (Lipinski definition) is 3. The van der Waals surface area contributed by atoms with Crippen molar-refractivity contribution in [2.45, 2.75) is 45.4 Å². The minimum absolute atomic E-state index is 0.142. The van der Waals surface area contributed by atoms with Crippen LogP contribution < -0.4 is 5.32 Å². The van der Waals surface area contributed by atoms with E-state index in [1.54, 1.807) is 17.0 Å². The molecule has 1 N–H and O–H groups in total. The van der Waals surface area contributed by atoms with Gasteiger partial charge in [-0.15, -0.1) is 0 Å². The van der Waals surface area contributed by atoms with Gasteiger partial charge in [-0.05, 0) is 45.4 Å². The molecule has 1 aliphatic rings. The molecule has 0 unspecified atom stereocenters. The van der Waals surface area contributed by atoms with Crippen LogP contribution in [0.15, 0.2) is 24.3 Å². The first kappa shape index (κ1) is 15.8. The van der Waals surface area contributed by atoms with E-state index >= 15 is 0 Å². The number of benzene rings is 1. The SMILES string of the molecule is C[C@@H]1CN(C(=O)OC(C)(C)C)[C@@H](c2ccc(F)cc2)CN1. The highest BCUT2D eigenvalue weighted by molar-refractivity contribution is 5.69. The Morgan fingerprint density at radius 1 is 1.33 bits per heavy atom. The Hall–Kier alpha value is -1.62. The van der Waals surface area contributed by atoms with E-state index in [2.05, 4.69) is 5.32 Å². The van der Waals surface area contributed by atoms with Crippen molar-refractivity contribution in [2.24, 2.45) is 0 Å². The molecule has 0 spiro atoms. The molecule has 1 saturated heterocycles. The number of amides is 1. The lowest BCUT2D eigenvalue weighted by Crippen LogP contribution is -2.54. The fraction of sp³-hybridized carbons (Fsp3) is 0.562. The van der Waals surface area contributed by atoms with Gasteiger partial charge in [-0.25, -0.2) is 9.18 Å². The number of rotatable bonds is 1. The Balaban J connectivity index is 2.21. The fourth-order valence-electron chi connectivity index (χ4n) is 2.41. The number of nitrogens with zero attached hydrogens (tertiary/aromatic N) is 1. The predicted octanol–water partition coefficient (Wildman–Crippen LogP) is 3.10. The van der Waals surface area contributed by atoms with Crippen molar-refractivity contribution in [2.75, 3.05) is 13.1 Å². The third kappa shape index (κ3) is 4.17. The van der Waals surface area contributed by atoms with Gasteiger partial charge in [-0.1, -0.05) is 12.1 Å². The first-order chi connectivity index (χ1) is 9.76. The molecule has 1 aliphatic heterocycles. The van der Waals surface area contributed by atoms with Gasteiger partial charge < -0.3 is 10.1 Å². The highest BCUT2D eigenvalue weighted by atomic mass is 19.1. The van der Waals surface area contributed by atoms with Gasteiger partial charge >= 0.3 is 6.09 Å². The van der Waals surface area contributed by atoms with Crippen LogP contribution in [-0.4, -0.2) is 35.7 Å². The Kier molecular flexibility index (Phi) is 4.52. The van der Waals surface area contributed by atoms with Gasteiger partial charge in [0.05, 0.1) is 6.04 Å². The fourth-order valence-corrected chi connectivity index (χ4v) is 2.41. The molecule has 2 atom stereocenters. The van der Waals surface area contributed by atoms with Gasteiger partial charge in [0, 0.05) is 19.1 Å². The van der Waals surface area contributed by atoms with Gasteiger partial charge in [0.15, 0.2) is 0 Å². The van der Waals surface area contributed by atoms with Crippen LogP contribution in [0.4, 0.5) is 9.18 Å². The highest BCUT2D eigenvalue weighted by Crippen LogP contribution is 2.26. The maximum absolute atomic E-state index is 13.1. The number of nitrogens with one attached hydrogen (secondary N) is 1. The largest absolute Gasteiger partial charge is 0.444 e. The Morgan fingerprint density at radius 3 is 2.52 bits per heavy atom. The van der Waals surface area contributed by atoms with Crippen LogP contribution in [-0.2, 0) is 4.74 Å². The number of carbonyl (C=O) groups excluding carboxylic acids is 1. The summed E-state index contributed by atoms with van der Waals surface area (Å²) in [5.74, 6) is -0.278. The molecule has 1 aromatic carbocycles. The third-order valence-electron chi connectivity index (χ3n) is 3.39. The van der Waals surface area contributed by atoms with E-state index in [0.717, 1.165) is 5.56 Å². The summed E-state index contributed by atoms with van der Waals surface area (Å²) in [6.45, 7) is 8.78. The normalized spacial score (nSPS) is 23.0. The zero-order chi connectivity index (χ0) is 15.6. The van der Waals surface area contributed by atoms with Crippen molar-refractivity contribution in [1.29, 1.82) is 0 Å². The lowest BCUT2D eigenvalue weighted by Gasteiger charge is -2.40. The molecule has 1 fully saturated rings. The second-order valence-corrected chi connectivity index (χ2v) is 6.51. The first-order valence-electron chi connectivity index (χ1n) is 7.25. The van der Waals surface area contributed by atoms with Crippen molar-refractivity contribution < 1.29 is 13.9 Å². The number of piperazine rings is 1. The molecule has 0 radical (unpaired) electrons. The Morgan fingerprint density at radius 2 is 1.95 bits per heavy atom. The van der Waals surface area contributed by atoms with Gasteiger partial charge in [-0.2, -0.15) is 0 Å². The molecule has 1 heterocycles. The van der Waals surface area contributed by atoms with Gasteiger partial charge in [0.1, 0.15) is 11.4 Å². The summed E-state index contributed by atoms with van der Waals surface area (Å²) in [6.07, 6.45) is -0.329. The number of halogens is 1. The average Bonchev–Trinajstić information content (AvgIpc) is 2.38. The summed E-state index contributed by atoms with van der Waals surface area (Å²) in [6, 6.07) is 6.33. The summed E-state index contributed by atoms with van der Waals surface area (Å²) in [7, 11) is 0. The second kappa shape index (κ2) is 6.02. The predicted molar refractivity (Wildman–Crippen MR) is 79.5 cm³/mol. The summed E-state index contributed by atoms with van der Waals surface area (Å²) < 4.78 is 18.6. The first-order valence-corrected chi connectivity index (χ1v) is 7.25. The van der Waals surface area contributed by atoms with Crippen molar-refractivity contribution >= 4 is 6.09 Å². The van der Waals surface area contributed by atoms with E-state index in [1.807, 2.05) is 27.7 Å². The maximum atomic E-state index is 13.1. The molecule has 5 heteroatoms. The molecule has 1 amide bonds. The van der Waals surface area contributed by atoms with Crippen molar-refractivity contribution in [1.82, 2.24) is 10.2 Å². The highest BCUT2D eigenvalue weighted by Gasteiger charge is 2.33. The lowest BCUT2D eigenvalue weighted by atomic mass is 10.0. The van der Waals surface area contributed by atoms with Crippen molar-refractivity contribution in [3.05, 3.63) is 35.6 Å². The van der Waals surface area contributed by atoms with Crippen molar-refractivity contribution in [3.8, 4) is 0 Å². The summed E-state index contributed by atoms with van der Waals surface area (Å²) >= 11 is 0. The Labute approximate surface area is 125 Å². The molecule has 116 valence electrons. The van der Waals surface area contributed by atoms with Crippen LogP contribution in [0.1, 0.15) is 39.3 Å². The molecule has 0 bridgehead atoms. The molecule has 2 rings (SSSR count). The summed E-state index contributed by atoms with van der Waals surface area (Å²) in [5.41, 5.74) is 0.375. The van der Waals surface area contributed by atoms with Crippen LogP contribution in [0, 0.1) is 5.82 Å². The molecule has 4 nitrogen and oxygen atoms in total. The topological polar surface area (TPSA) is 41.6 Å². The summed E-state index contributed by atoms with van der Waals surface area (Å²) in [4.78, 5) is 14.1. The van der Waals surface area contributed by atoms with Crippen LogP contribution >= 0.6 is 0 Å². The van der Waals surface area contributed by atoms with Gasteiger partial charge in [0.25, 0.3) is 0 Å². The Bertz CT molecular complexity index is 496. The number of ether oxygens (including phenoxy) is 1. The maximum Gasteiger partial charge on any atom is 0.410 e.